The van der Waals surface area contributed by atoms with Gasteiger partial charge in [-0.25, -0.2) is 4.98 Å². The van der Waals surface area contributed by atoms with E-state index in [1.807, 2.05) is 19.1 Å². The molecule has 0 aromatic carbocycles. The molecule has 0 atom stereocenters. The number of likely N-dealkylation sites (N-methyl/N-ethyl adjacent to an activating group) is 1. The van der Waals surface area contributed by atoms with Gasteiger partial charge in [0.25, 0.3) is 5.91 Å². The average molecular weight is 351 g/mol. The average Bonchev–Trinajstić information content (AvgIpc) is 2.49. The summed E-state index contributed by atoms with van der Waals surface area (Å²) in [7, 11) is 0. The predicted molar refractivity (Wildman–Crippen MR) is 97.8 cm³/mol. The standard InChI is InChI=1S/C15H26N4O.2ClH/c1-4-11-19(6-3)14-8-7-13(12-18-14)15(20)17-10-9-16-5-2;;/h7-8,12,16H,4-6,9-11H2,1-3H3,(H,17,20);2*1H. The molecule has 0 unspecified atom stereocenters. The second-order valence-electron chi connectivity index (χ2n) is 4.59. The maximum absolute atomic E-state index is 11.9. The van der Waals surface area contributed by atoms with Gasteiger partial charge in [0.1, 0.15) is 5.82 Å². The Morgan fingerprint density at radius 3 is 2.41 bits per heavy atom. The zero-order valence-electron chi connectivity index (χ0n) is 13.6. The van der Waals surface area contributed by atoms with Crippen molar-refractivity contribution in [3.05, 3.63) is 23.9 Å². The zero-order chi connectivity index (χ0) is 14.8. The van der Waals surface area contributed by atoms with E-state index in [0.717, 1.165) is 38.4 Å². The lowest BCUT2D eigenvalue weighted by Gasteiger charge is -2.21. The molecule has 0 saturated heterocycles. The van der Waals surface area contributed by atoms with Crippen LogP contribution in [-0.4, -0.2) is 43.6 Å². The van der Waals surface area contributed by atoms with Crippen molar-refractivity contribution in [3.8, 4) is 0 Å². The number of pyridine rings is 1. The Bertz CT molecular complexity index is 401. The summed E-state index contributed by atoms with van der Waals surface area (Å²) in [5.41, 5.74) is 0.609. The van der Waals surface area contributed by atoms with E-state index in [9.17, 15) is 4.79 Å². The molecular weight excluding hydrogens is 323 g/mol. The minimum Gasteiger partial charge on any atom is -0.357 e. The molecule has 128 valence electrons. The third kappa shape index (κ3) is 7.82. The van der Waals surface area contributed by atoms with Gasteiger partial charge in [-0.15, -0.1) is 24.8 Å². The lowest BCUT2D eigenvalue weighted by Crippen LogP contribution is -2.32. The molecule has 1 aromatic heterocycles. The monoisotopic (exact) mass is 350 g/mol. The summed E-state index contributed by atoms with van der Waals surface area (Å²) in [6, 6.07) is 3.75. The highest BCUT2D eigenvalue weighted by atomic mass is 35.5. The molecule has 5 nitrogen and oxygen atoms in total. The Morgan fingerprint density at radius 1 is 1.18 bits per heavy atom. The molecule has 7 heteroatoms. The van der Waals surface area contributed by atoms with Crippen LogP contribution in [0.4, 0.5) is 5.82 Å². The van der Waals surface area contributed by atoms with Crippen LogP contribution in [0.2, 0.25) is 0 Å². The third-order valence-corrected chi connectivity index (χ3v) is 3.05. The number of nitrogens with zero attached hydrogens (tertiary/aromatic N) is 2. The van der Waals surface area contributed by atoms with E-state index in [1.54, 1.807) is 6.20 Å². The van der Waals surface area contributed by atoms with Crippen molar-refractivity contribution in [1.82, 2.24) is 15.6 Å². The molecule has 2 N–H and O–H groups in total. The maximum atomic E-state index is 11.9. The normalized spacial score (nSPS) is 9.41. The number of amides is 1. The SMILES string of the molecule is CCCN(CC)c1ccc(C(=O)NCCNCC)cn1.Cl.Cl. The molecule has 22 heavy (non-hydrogen) atoms. The van der Waals surface area contributed by atoms with Gasteiger partial charge in [-0.2, -0.15) is 0 Å². The number of hydrogen-bond donors (Lipinski definition) is 2. The Labute approximate surface area is 146 Å². The van der Waals surface area contributed by atoms with Crippen molar-refractivity contribution >= 4 is 36.5 Å². The second kappa shape index (κ2) is 13.6. The van der Waals surface area contributed by atoms with Crippen molar-refractivity contribution in [2.24, 2.45) is 0 Å². The van der Waals surface area contributed by atoms with E-state index in [0.29, 0.717) is 12.1 Å². The van der Waals surface area contributed by atoms with Gasteiger partial charge in [-0.05, 0) is 32.0 Å². The summed E-state index contributed by atoms with van der Waals surface area (Å²) in [5.74, 6) is 0.860. The van der Waals surface area contributed by atoms with Gasteiger partial charge in [0.15, 0.2) is 0 Å². The van der Waals surface area contributed by atoms with Crippen LogP contribution in [0.15, 0.2) is 18.3 Å². The second-order valence-corrected chi connectivity index (χ2v) is 4.59. The van der Waals surface area contributed by atoms with E-state index in [2.05, 4.69) is 34.4 Å². The number of rotatable bonds is 9. The highest BCUT2D eigenvalue weighted by Gasteiger charge is 2.08. The Kier molecular flexibility index (Phi) is 14.4. The first-order valence-electron chi connectivity index (χ1n) is 7.42. The first-order valence-corrected chi connectivity index (χ1v) is 7.42. The quantitative estimate of drug-likeness (QED) is 0.671. The Morgan fingerprint density at radius 2 is 1.91 bits per heavy atom. The minimum absolute atomic E-state index is 0. The highest BCUT2D eigenvalue weighted by Crippen LogP contribution is 2.11. The van der Waals surface area contributed by atoms with E-state index < -0.39 is 0 Å². The predicted octanol–water partition coefficient (Wildman–Crippen LogP) is 2.50. The molecule has 1 heterocycles. The number of carbonyl (C=O) groups is 1. The number of aromatic nitrogens is 1. The van der Waals surface area contributed by atoms with E-state index >= 15 is 0 Å². The maximum Gasteiger partial charge on any atom is 0.252 e. The lowest BCUT2D eigenvalue weighted by molar-refractivity contribution is 0.0953. The minimum atomic E-state index is -0.0690. The smallest absolute Gasteiger partial charge is 0.252 e. The first-order chi connectivity index (χ1) is 9.72. The number of anilines is 1. The van der Waals surface area contributed by atoms with Crippen molar-refractivity contribution in [2.45, 2.75) is 27.2 Å². The summed E-state index contributed by atoms with van der Waals surface area (Å²) in [4.78, 5) is 18.5. The van der Waals surface area contributed by atoms with Gasteiger partial charge in [0, 0.05) is 32.4 Å². The van der Waals surface area contributed by atoms with Crippen LogP contribution in [0.5, 0.6) is 0 Å². The topological polar surface area (TPSA) is 57.3 Å². The molecule has 0 aliphatic carbocycles. The molecule has 0 spiro atoms. The number of nitrogens with one attached hydrogen (secondary N) is 2. The molecule has 0 radical (unpaired) electrons. The van der Waals surface area contributed by atoms with Gasteiger partial charge < -0.3 is 15.5 Å². The van der Waals surface area contributed by atoms with Gasteiger partial charge in [-0.3, -0.25) is 4.79 Å². The molecule has 0 aliphatic rings. The van der Waals surface area contributed by atoms with Gasteiger partial charge in [-0.1, -0.05) is 13.8 Å². The first kappa shape index (κ1) is 23.2. The van der Waals surface area contributed by atoms with Crippen molar-refractivity contribution in [1.29, 1.82) is 0 Å². The molecule has 1 rings (SSSR count). The van der Waals surface area contributed by atoms with Crippen molar-refractivity contribution in [2.75, 3.05) is 37.6 Å². The number of hydrogen-bond acceptors (Lipinski definition) is 4. The fourth-order valence-electron chi connectivity index (χ4n) is 1.96. The summed E-state index contributed by atoms with van der Waals surface area (Å²) in [5, 5.41) is 6.03. The van der Waals surface area contributed by atoms with Gasteiger partial charge in [0.2, 0.25) is 0 Å². The van der Waals surface area contributed by atoms with Gasteiger partial charge in [0.05, 0.1) is 5.56 Å². The summed E-state index contributed by atoms with van der Waals surface area (Å²) in [6.45, 7) is 10.5. The van der Waals surface area contributed by atoms with Crippen LogP contribution in [0, 0.1) is 0 Å². The van der Waals surface area contributed by atoms with Gasteiger partial charge >= 0.3 is 0 Å². The molecule has 0 aliphatic heterocycles. The highest BCUT2D eigenvalue weighted by molar-refractivity contribution is 5.94. The number of halogens is 2. The van der Waals surface area contributed by atoms with Crippen LogP contribution in [0.1, 0.15) is 37.6 Å². The van der Waals surface area contributed by atoms with Crippen LogP contribution in [0.3, 0.4) is 0 Å². The fraction of sp³-hybridized carbons (Fsp3) is 0.600. The van der Waals surface area contributed by atoms with Crippen molar-refractivity contribution < 1.29 is 4.79 Å². The third-order valence-electron chi connectivity index (χ3n) is 3.05. The fourth-order valence-corrected chi connectivity index (χ4v) is 1.96. The summed E-state index contributed by atoms with van der Waals surface area (Å²) in [6.07, 6.45) is 2.73. The van der Waals surface area contributed by atoms with E-state index in [1.165, 1.54) is 0 Å². The van der Waals surface area contributed by atoms with Crippen LogP contribution in [0.25, 0.3) is 0 Å². The molecule has 0 saturated carbocycles. The zero-order valence-corrected chi connectivity index (χ0v) is 15.2. The van der Waals surface area contributed by atoms with Crippen molar-refractivity contribution in [3.63, 3.8) is 0 Å². The summed E-state index contributed by atoms with van der Waals surface area (Å²) < 4.78 is 0. The van der Waals surface area contributed by atoms with Crippen LogP contribution in [-0.2, 0) is 0 Å². The lowest BCUT2D eigenvalue weighted by atomic mass is 10.2. The molecule has 1 amide bonds. The molecular formula is C15H28Cl2N4O. The van der Waals surface area contributed by atoms with Crippen LogP contribution >= 0.6 is 24.8 Å². The summed E-state index contributed by atoms with van der Waals surface area (Å²) >= 11 is 0. The Hall–Kier alpha value is -1.04. The molecule has 0 bridgehead atoms. The van der Waals surface area contributed by atoms with Crippen LogP contribution < -0.4 is 15.5 Å². The van der Waals surface area contributed by atoms with E-state index in [4.69, 9.17) is 0 Å². The molecule has 1 aromatic rings. The number of carbonyl (C=O) groups excluding carboxylic acids is 1. The Balaban J connectivity index is 0. The molecule has 0 fully saturated rings. The van der Waals surface area contributed by atoms with E-state index in [-0.39, 0.29) is 30.7 Å². The largest absolute Gasteiger partial charge is 0.357 e.